The lowest BCUT2D eigenvalue weighted by atomic mass is 10.1. The second kappa shape index (κ2) is 5.58. The SMILES string of the molecule is COc1ccc(NC2=C(C(C)=O)CCCO2)cc1. The Hall–Kier alpha value is -1.97. The van der Waals surface area contributed by atoms with E-state index in [1.807, 2.05) is 24.3 Å². The van der Waals surface area contributed by atoms with Crippen molar-refractivity contribution >= 4 is 11.5 Å². The Labute approximate surface area is 107 Å². The smallest absolute Gasteiger partial charge is 0.198 e. The Kier molecular flexibility index (Phi) is 3.87. The van der Waals surface area contributed by atoms with Crippen LogP contribution in [0.1, 0.15) is 19.8 Å². The molecule has 0 spiro atoms. The third-order valence-corrected chi connectivity index (χ3v) is 2.86. The molecule has 1 N–H and O–H groups in total. The lowest BCUT2D eigenvalue weighted by molar-refractivity contribution is -0.114. The van der Waals surface area contributed by atoms with Crippen molar-refractivity contribution in [2.75, 3.05) is 19.0 Å². The molecule has 0 bridgehead atoms. The summed E-state index contributed by atoms with van der Waals surface area (Å²) < 4.78 is 10.6. The summed E-state index contributed by atoms with van der Waals surface area (Å²) in [6.45, 7) is 2.22. The molecule has 0 radical (unpaired) electrons. The largest absolute Gasteiger partial charge is 0.497 e. The molecule has 0 saturated heterocycles. The summed E-state index contributed by atoms with van der Waals surface area (Å²) in [5.74, 6) is 1.44. The third kappa shape index (κ3) is 2.83. The number of anilines is 1. The lowest BCUT2D eigenvalue weighted by Gasteiger charge is -2.21. The van der Waals surface area contributed by atoms with E-state index < -0.39 is 0 Å². The first-order chi connectivity index (χ1) is 8.70. The number of rotatable bonds is 4. The van der Waals surface area contributed by atoms with Gasteiger partial charge in [0.25, 0.3) is 0 Å². The normalized spacial score (nSPS) is 15.0. The van der Waals surface area contributed by atoms with Crippen molar-refractivity contribution in [3.05, 3.63) is 35.7 Å². The zero-order valence-corrected chi connectivity index (χ0v) is 10.7. The van der Waals surface area contributed by atoms with Crippen molar-refractivity contribution in [3.63, 3.8) is 0 Å². The summed E-state index contributed by atoms with van der Waals surface area (Å²) in [5.41, 5.74) is 1.61. The Morgan fingerprint density at radius 2 is 2.06 bits per heavy atom. The standard InChI is InChI=1S/C14H17NO3/c1-10(16)13-4-3-9-18-14(13)15-11-5-7-12(17-2)8-6-11/h5-8,15H,3-4,9H2,1-2H3. The fourth-order valence-corrected chi connectivity index (χ4v) is 1.88. The lowest BCUT2D eigenvalue weighted by Crippen LogP contribution is -2.17. The molecular formula is C14H17NO3. The van der Waals surface area contributed by atoms with Crippen LogP contribution in [0.3, 0.4) is 0 Å². The van der Waals surface area contributed by atoms with Gasteiger partial charge in [-0.15, -0.1) is 0 Å². The van der Waals surface area contributed by atoms with E-state index in [0.29, 0.717) is 12.5 Å². The second-order valence-corrected chi connectivity index (χ2v) is 4.17. The number of nitrogens with one attached hydrogen (secondary N) is 1. The van der Waals surface area contributed by atoms with Gasteiger partial charge in [-0.1, -0.05) is 0 Å². The van der Waals surface area contributed by atoms with Gasteiger partial charge in [0.2, 0.25) is 0 Å². The molecule has 1 aliphatic rings. The zero-order chi connectivity index (χ0) is 13.0. The summed E-state index contributed by atoms with van der Waals surface area (Å²) in [6.07, 6.45) is 1.66. The molecule has 1 aromatic rings. The molecule has 0 aromatic heterocycles. The summed E-state index contributed by atoms with van der Waals surface area (Å²) in [6, 6.07) is 7.50. The average Bonchev–Trinajstić information content (AvgIpc) is 2.40. The molecule has 0 aliphatic carbocycles. The van der Waals surface area contributed by atoms with Gasteiger partial charge in [0, 0.05) is 5.69 Å². The number of Topliss-reactive ketones (excluding diaryl/α,β-unsaturated/α-hetero) is 1. The topological polar surface area (TPSA) is 47.6 Å². The quantitative estimate of drug-likeness (QED) is 0.888. The first-order valence-electron chi connectivity index (χ1n) is 5.98. The molecule has 18 heavy (non-hydrogen) atoms. The number of methoxy groups -OCH3 is 1. The number of hydrogen-bond acceptors (Lipinski definition) is 4. The molecule has 0 unspecified atom stereocenters. The fraction of sp³-hybridized carbons (Fsp3) is 0.357. The van der Waals surface area contributed by atoms with Crippen LogP contribution in [0.4, 0.5) is 5.69 Å². The molecule has 2 rings (SSSR count). The van der Waals surface area contributed by atoms with Crippen LogP contribution in [0.25, 0.3) is 0 Å². The minimum absolute atomic E-state index is 0.0608. The van der Waals surface area contributed by atoms with Crippen LogP contribution in [0.5, 0.6) is 5.75 Å². The number of ether oxygens (including phenoxy) is 2. The van der Waals surface area contributed by atoms with E-state index in [4.69, 9.17) is 9.47 Å². The van der Waals surface area contributed by atoms with E-state index in [0.717, 1.165) is 29.9 Å². The van der Waals surface area contributed by atoms with Crippen LogP contribution in [0.15, 0.2) is 35.7 Å². The van der Waals surface area contributed by atoms with Gasteiger partial charge in [-0.3, -0.25) is 4.79 Å². The van der Waals surface area contributed by atoms with Crippen LogP contribution in [-0.4, -0.2) is 19.5 Å². The fourth-order valence-electron chi connectivity index (χ4n) is 1.88. The highest BCUT2D eigenvalue weighted by Crippen LogP contribution is 2.23. The Morgan fingerprint density at radius 3 is 2.67 bits per heavy atom. The third-order valence-electron chi connectivity index (χ3n) is 2.86. The van der Waals surface area contributed by atoms with E-state index in [1.54, 1.807) is 14.0 Å². The number of hydrogen-bond donors (Lipinski definition) is 1. The van der Waals surface area contributed by atoms with E-state index >= 15 is 0 Å². The predicted octanol–water partition coefficient (Wildman–Crippen LogP) is 2.72. The maximum Gasteiger partial charge on any atom is 0.198 e. The van der Waals surface area contributed by atoms with Crippen LogP contribution < -0.4 is 10.1 Å². The highest BCUT2D eigenvalue weighted by Gasteiger charge is 2.17. The molecular weight excluding hydrogens is 230 g/mol. The number of carbonyl (C=O) groups excluding carboxylic acids is 1. The molecule has 4 nitrogen and oxygen atoms in total. The van der Waals surface area contributed by atoms with Gasteiger partial charge in [0.05, 0.1) is 19.3 Å². The summed E-state index contributed by atoms with van der Waals surface area (Å²) >= 11 is 0. The molecule has 0 atom stereocenters. The van der Waals surface area contributed by atoms with Crippen molar-refractivity contribution in [2.45, 2.75) is 19.8 Å². The predicted molar refractivity (Wildman–Crippen MR) is 69.5 cm³/mol. The van der Waals surface area contributed by atoms with Crippen molar-refractivity contribution in [3.8, 4) is 5.75 Å². The molecule has 0 saturated carbocycles. The molecule has 0 amide bonds. The number of carbonyl (C=O) groups is 1. The zero-order valence-electron chi connectivity index (χ0n) is 10.7. The Balaban J connectivity index is 2.17. The first kappa shape index (κ1) is 12.5. The molecule has 0 fully saturated rings. The van der Waals surface area contributed by atoms with Crippen LogP contribution in [-0.2, 0) is 9.53 Å². The summed E-state index contributed by atoms with van der Waals surface area (Å²) in [4.78, 5) is 11.5. The average molecular weight is 247 g/mol. The number of ketones is 1. The summed E-state index contributed by atoms with van der Waals surface area (Å²) in [5, 5.41) is 3.14. The van der Waals surface area contributed by atoms with E-state index in [-0.39, 0.29) is 5.78 Å². The van der Waals surface area contributed by atoms with Crippen molar-refractivity contribution in [2.24, 2.45) is 0 Å². The molecule has 4 heteroatoms. The molecule has 1 heterocycles. The summed E-state index contributed by atoms with van der Waals surface area (Å²) in [7, 11) is 1.63. The van der Waals surface area contributed by atoms with Gasteiger partial charge >= 0.3 is 0 Å². The minimum atomic E-state index is 0.0608. The van der Waals surface area contributed by atoms with Crippen LogP contribution in [0, 0.1) is 0 Å². The maximum atomic E-state index is 11.5. The highest BCUT2D eigenvalue weighted by atomic mass is 16.5. The van der Waals surface area contributed by atoms with E-state index in [9.17, 15) is 4.79 Å². The van der Waals surface area contributed by atoms with Crippen LogP contribution >= 0.6 is 0 Å². The molecule has 96 valence electrons. The maximum absolute atomic E-state index is 11.5. The van der Waals surface area contributed by atoms with Crippen LogP contribution in [0.2, 0.25) is 0 Å². The van der Waals surface area contributed by atoms with Gasteiger partial charge < -0.3 is 14.8 Å². The first-order valence-corrected chi connectivity index (χ1v) is 5.98. The monoisotopic (exact) mass is 247 g/mol. The number of benzene rings is 1. The van der Waals surface area contributed by atoms with E-state index in [1.165, 1.54) is 0 Å². The van der Waals surface area contributed by atoms with Crippen molar-refractivity contribution < 1.29 is 14.3 Å². The molecule has 1 aliphatic heterocycles. The van der Waals surface area contributed by atoms with Gasteiger partial charge in [0.1, 0.15) is 5.75 Å². The van der Waals surface area contributed by atoms with Crippen molar-refractivity contribution in [1.29, 1.82) is 0 Å². The minimum Gasteiger partial charge on any atom is -0.497 e. The highest BCUT2D eigenvalue weighted by molar-refractivity contribution is 5.94. The second-order valence-electron chi connectivity index (χ2n) is 4.17. The van der Waals surface area contributed by atoms with Gasteiger partial charge in [-0.25, -0.2) is 0 Å². The Morgan fingerprint density at radius 1 is 1.33 bits per heavy atom. The van der Waals surface area contributed by atoms with Gasteiger partial charge in [-0.2, -0.15) is 0 Å². The van der Waals surface area contributed by atoms with Gasteiger partial charge in [-0.05, 0) is 44.0 Å². The van der Waals surface area contributed by atoms with Crippen molar-refractivity contribution in [1.82, 2.24) is 0 Å². The number of allylic oxidation sites excluding steroid dienone is 1. The van der Waals surface area contributed by atoms with Gasteiger partial charge in [0.15, 0.2) is 11.7 Å². The van der Waals surface area contributed by atoms with E-state index in [2.05, 4.69) is 5.32 Å². The Bertz CT molecular complexity index is 462. The molecule has 1 aromatic carbocycles.